The van der Waals surface area contributed by atoms with Crippen molar-refractivity contribution in [2.24, 2.45) is 0 Å². The molecular formula is C16H8FN3O3S. The Morgan fingerprint density at radius 2 is 1.96 bits per heavy atom. The number of hydrogen-bond acceptors (Lipinski definition) is 6. The van der Waals surface area contributed by atoms with E-state index in [1.165, 1.54) is 41.8 Å². The van der Waals surface area contributed by atoms with E-state index in [-0.39, 0.29) is 11.5 Å². The van der Waals surface area contributed by atoms with Gasteiger partial charge >= 0.3 is 0 Å². The standard InChI is InChI=1S/C16H8FN3O3S/c17-10-3-6-14-12(7-10)19-16(24-14)15-18-8-13(23-15)9-1-4-11(5-2-9)20(21)22/h1-8H. The molecule has 0 saturated heterocycles. The van der Waals surface area contributed by atoms with E-state index in [1.807, 2.05) is 0 Å². The third-order valence-electron chi connectivity index (χ3n) is 3.40. The van der Waals surface area contributed by atoms with Gasteiger partial charge in [0.15, 0.2) is 10.8 Å². The van der Waals surface area contributed by atoms with Crippen LogP contribution in [0.1, 0.15) is 0 Å². The highest BCUT2D eigenvalue weighted by Gasteiger charge is 2.14. The van der Waals surface area contributed by atoms with Gasteiger partial charge in [-0.2, -0.15) is 0 Å². The van der Waals surface area contributed by atoms with Crippen molar-refractivity contribution in [3.05, 3.63) is 64.6 Å². The molecule has 0 aliphatic rings. The number of hydrogen-bond donors (Lipinski definition) is 0. The first kappa shape index (κ1) is 14.5. The van der Waals surface area contributed by atoms with Crippen LogP contribution in [0.3, 0.4) is 0 Å². The summed E-state index contributed by atoms with van der Waals surface area (Å²) in [5.41, 5.74) is 1.23. The molecule has 0 spiro atoms. The van der Waals surface area contributed by atoms with Gasteiger partial charge < -0.3 is 4.42 Å². The summed E-state index contributed by atoms with van der Waals surface area (Å²) in [6, 6.07) is 10.4. The molecule has 0 N–H and O–H groups in total. The third kappa shape index (κ3) is 2.52. The average Bonchev–Trinajstić information content (AvgIpc) is 3.21. The summed E-state index contributed by atoms with van der Waals surface area (Å²) in [5.74, 6) is 0.452. The summed E-state index contributed by atoms with van der Waals surface area (Å²) in [6.45, 7) is 0. The number of oxazole rings is 1. The first-order valence-electron chi connectivity index (χ1n) is 6.87. The van der Waals surface area contributed by atoms with Gasteiger partial charge in [-0.15, -0.1) is 11.3 Å². The lowest BCUT2D eigenvalue weighted by atomic mass is 10.2. The monoisotopic (exact) mass is 341 g/mol. The van der Waals surface area contributed by atoms with Crippen molar-refractivity contribution in [1.82, 2.24) is 9.97 Å². The van der Waals surface area contributed by atoms with E-state index in [4.69, 9.17) is 4.42 Å². The van der Waals surface area contributed by atoms with Crippen LogP contribution in [0.4, 0.5) is 10.1 Å². The van der Waals surface area contributed by atoms with Crippen molar-refractivity contribution < 1.29 is 13.7 Å². The number of non-ortho nitro benzene ring substituents is 1. The second-order valence-corrected chi connectivity index (χ2v) is 6.00. The number of fused-ring (bicyclic) bond motifs is 1. The van der Waals surface area contributed by atoms with E-state index in [0.29, 0.717) is 27.7 Å². The van der Waals surface area contributed by atoms with Crippen molar-refractivity contribution >= 4 is 27.2 Å². The molecule has 0 saturated carbocycles. The van der Waals surface area contributed by atoms with Gasteiger partial charge in [0.25, 0.3) is 11.6 Å². The van der Waals surface area contributed by atoms with Crippen LogP contribution in [-0.4, -0.2) is 14.9 Å². The minimum Gasteiger partial charge on any atom is -0.434 e. The number of nitro benzene ring substituents is 1. The zero-order valence-electron chi connectivity index (χ0n) is 12.0. The first-order valence-corrected chi connectivity index (χ1v) is 7.69. The van der Waals surface area contributed by atoms with Crippen molar-refractivity contribution in [3.63, 3.8) is 0 Å². The van der Waals surface area contributed by atoms with Gasteiger partial charge in [-0.25, -0.2) is 14.4 Å². The number of aromatic nitrogens is 2. The highest BCUT2D eigenvalue weighted by Crippen LogP contribution is 2.32. The zero-order chi connectivity index (χ0) is 16.7. The lowest BCUT2D eigenvalue weighted by Crippen LogP contribution is -1.86. The van der Waals surface area contributed by atoms with Crippen LogP contribution in [0.15, 0.2) is 53.1 Å². The van der Waals surface area contributed by atoms with Gasteiger partial charge in [0.1, 0.15) is 5.82 Å². The van der Waals surface area contributed by atoms with E-state index in [2.05, 4.69) is 9.97 Å². The van der Waals surface area contributed by atoms with Crippen molar-refractivity contribution in [2.75, 3.05) is 0 Å². The molecule has 2 heterocycles. The number of nitro groups is 1. The Kier molecular flexibility index (Phi) is 3.31. The molecule has 4 rings (SSSR count). The van der Waals surface area contributed by atoms with E-state index in [1.54, 1.807) is 18.2 Å². The van der Waals surface area contributed by atoms with E-state index >= 15 is 0 Å². The normalized spacial score (nSPS) is 11.0. The predicted octanol–water partition coefficient (Wildman–Crippen LogP) is 4.67. The Balaban J connectivity index is 1.69. The number of thiazole rings is 1. The largest absolute Gasteiger partial charge is 0.434 e. The minimum absolute atomic E-state index is 0.00619. The number of nitrogens with zero attached hydrogens (tertiary/aromatic N) is 3. The summed E-state index contributed by atoms with van der Waals surface area (Å²) in [4.78, 5) is 18.7. The Morgan fingerprint density at radius 3 is 2.71 bits per heavy atom. The van der Waals surface area contributed by atoms with Gasteiger partial charge in [0.05, 0.1) is 21.3 Å². The van der Waals surface area contributed by atoms with Gasteiger partial charge in [0.2, 0.25) is 0 Å². The summed E-state index contributed by atoms with van der Waals surface area (Å²) in [6.07, 6.45) is 1.53. The summed E-state index contributed by atoms with van der Waals surface area (Å²) >= 11 is 1.35. The van der Waals surface area contributed by atoms with Gasteiger partial charge in [-0.3, -0.25) is 10.1 Å². The smallest absolute Gasteiger partial charge is 0.269 e. The Morgan fingerprint density at radius 1 is 1.17 bits per heavy atom. The average molecular weight is 341 g/mol. The number of rotatable bonds is 3. The van der Waals surface area contributed by atoms with Gasteiger partial charge in [-0.1, -0.05) is 0 Å². The molecule has 0 aliphatic carbocycles. The Labute approximate surface area is 138 Å². The lowest BCUT2D eigenvalue weighted by Gasteiger charge is -1.95. The molecular weight excluding hydrogens is 333 g/mol. The van der Waals surface area contributed by atoms with Gasteiger partial charge in [-0.05, 0) is 24.3 Å². The van der Waals surface area contributed by atoms with Crippen LogP contribution < -0.4 is 0 Å². The minimum atomic E-state index is -0.462. The van der Waals surface area contributed by atoms with Crippen LogP contribution >= 0.6 is 11.3 Å². The maximum atomic E-state index is 13.2. The molecule has 0 bridgehead atoms. The SMILES string of the molecule is O=[N+]([O-])c1ccc(-c2cnc(-c3nc4cc(F)ccc4s3)o2)cc1. The second-order valence-electron chi connectivity index (χ2n) is 4.96. The second kappa shape index (κ2) is 5.50. The van der Waals surface area contributed by atoms with E-state index in [0.717, 1.165) is 4.70 Å². The summed E-state index contributed by atoms with van der Waals surface area (Å²) in [7, 11) is 0. The van der Waals surface area contributed by atoms with Crippen LogP contribution in [0.25, 0.3) is 32.4 Å². The van der Waals surface area contributed by atoms with E-state index < -0.39 is 4.92 Å². The molecule has 6 nitrogen and oxygen atoms in total. The summed E-state index contributed by atoms with van der Waals surface area (Å²) in [5, 5.41) is 11.2. The molecule has 2 aromatic carbocycles. The lowest BCUT2D eigenvalue weighted by molar-refractivity contribution is -0.384. The molecule has 8 heteroatoms. The maximum Gasteiger partial charge on any atom is 0.269 e. The fourth-order valence-corrected chi connectivity index (χ4v) is 3.13. The molecule has 118 valence electrons. The topological polar surface area (TPSA) is 82.1 Å². The Bertz CT molecular complexity index is 1060. The van der Waals surface area contributed by atoms with Crippen molar-refractivity contribution in [3.8, 4) is 22.2 Å². The van der Waals surface area contributed by atoms with Crippen LogP contribution in [0.2, 0.25) is 0 Å². The molecule has 0 fully saturated rings. The molecule has 0 radical (unpaired) electrons. The third-order valence-corrected chi connectivity index (χ3v) is 4.43. The van der Waals surface area contributed by atoms with Crippen LogP contribution in [-0.2, 0) is 0 Å². The molecule has 0 atom stereocenters. The highest BCUT2D eigenvalue weighted by molar-refractivity contribution is 7.21. The molecule has 2 aromatic heterocycles. The Hall–Kier alpha value is -3.13. The van der Waals surface area contributed by atoms with Gasteiger partial charge in [0, 0.05) is 23.8 Å². The molecule has 0 unspecified atom stereocenters. The molecule has 0 amide bonds. The van der Waals surface area contributed by atoms with Crippen molar-refractivity contribution in [1.29, 1.82) is 0 Å². The molecule has 24 heavy (non-hydrogen) atoms. The highest BCUT2D eigenvalue weighted by atomic mass is 32.1. The molecule has 0 aliphatic heterocycles. The van der Waals surface area contributed by atoms with Crippen molar-refractivity contribution in [2.45, 2.75) is 0 Å². The predicted molar refractivity (Wildman–Crippen MR) is 87.2 cm³/mol. The molecule has 4 aromatic rings. The number of halogens is 1. The zero-order valence-corrected chi connectivity index (χ0v) is 12.8. The fourth-order valence-electron chi connectivity index (χ4n) is 2.25. The fraction of sp³-hybridized carbons (Fsp3) is 0. The van der Waals surface area contributed by atoms with E-state index in [9.17, 15) is 14.5 Å². The number of benzene rings is 2. The maximum absolute atomic E-state index is 13.2. The van der Waals surface area contributed by atoms with Crippen LogP contribution in [0, 0.1) is 15.9 Å². The summed E-state index contributed by atoms with van der Waals surface area (Å²) < 4.78 is 19.8. The van der Waals surface area contributed by atoms with Crippen LogP contribution in [0.5, 0.6) is 0 Å². The quantitative estimate of drug-likeness (QED) is 0.399. The first-order chi connectivity index (χ1) is 11.6.